The molecule has 0 aromatic heterocycles. The van der Waals surface area contributed by atoms with E-state index in [4.69, 9.17) is 18.9 Å². The maximum Gasteiger partial charge on any atom is 0.241 e. The van der Waals surface area contributed by atoms with E-state index in [-0.39, 0.29) is 17.5 Å². The molecule has 1 N–H and O–H groups in total. The molecule has 28 heavy (non-hydrogen) atoms. The van der Waals surface area contributed by atoms with E-state index in [1.807, 2.05) is 26.0 Å². The standard InChI is InChI=1S/C20H25NO6S/c1-5-26-18-9-14-8-13(2)27-19(14)10-15(18)12-21-28(22,23)16-6-7-17(24-3)20(11-16)25-4/h6-7,9-11,13,21H,5,8,12H2,1-4H3/t13-/m1/s1. The molecule has 0 radical (unpaired) electrons. The Bertz CT molecular complexity index is 957. The number of benzene rings is 2. The number of ether oxygens (including phenoxy) is 4. The molecule has 1 heterocycles. The zero-order valence-electron chi connectivity index (χ0n) is 16.4. The maximum absolute atomic E-state index is 12.7. The lowest BCUT2D eigenvalue weighted by Crippen LogP contribution is -2.23. The molecule has 0 fully saturated rings. The van der Waals surface area contributed by atoms with Gasteiger partial charge in [0.25, 0.3) is 0 Å². The highest BCUT2D eigenvalue weighted by atomic mass is 32.2. The van der Waals surface area contributed by atoms with Crippen molar-refractivity contribution in [2.24, 2.45) is 0 Å². The molecule has 3 rings (SSSR count). The lowest BCUT2D eigenvalue weighted by Gasteiger charge is -2.14. The Labute approximate surface area is 165 Å². The molecule has 1 atom stereocenters. The Morgan fingerprint density at radius 1 is 1.11 bits per heavy atom. The first-order chi connectivity index (χ1) is 13.4. The summed E-state index contributed by atoms with van der Waals surface area (Å²) in [5, 5.41) is 0. The van der Waals surface area contributed by atoms with Gasteiger partial charge in [-0.2, -0.15) is 0 Å². The van der Waals surface area contributed by atoms with Gasteiger partial charge >= 0.3 is 0 Å². The molecular weight excluding hydrogens is 382 g/mol. The second-order valence-electron chi connectivity index (χ2n) is 6.47. The van der Waals surface area contributed by atoms with Gasteiger partial charge in [0.05, 0.1) is 25.7 Å². The fourth-order valence-corrected chi connectivity index (χ4v) is 4.17. The third kappa shape index (κ3) is 4.18. The third-order valence-electron chi connectivity index (χ3n) is 4.50. The largest absolute Gasteiger partial charge is 0.494 e. The van der Waals surface area contributed by atoms with Crippen LogP contribution in [0.2, 0.25) is 0 Å². The van der Waals surface area contributed by atoms with Gasteiger partial charge in [0, 0.05) is 30.2 Å². The van der Waals surface area contributed by atoms with Crippen molar-refractivity contribution in [2.45, 2.75) is 37.8 Å². The van der Waals surface area contributed by atoms with Crippen molar-refractivity contribution in [3.05, 3.63) is 41.5 Å². The molecule has 152 valence electrons. The first kappa shape index (κ1) is 20.3. The van der Waals surface area contributed by atoms with Gasteiger partial charge in [0.15, 0.2) is 11.5 Å². The Morgan fingerprint density at radius 2 is 1.86 bits per heavy atom. The molecule has 0 saturated heterocycles. The number of hydrogen-bond donors (Lipinski definition) is 1. The summed E-state index contributed by atoms with van der Waals surface area (Å²) in [6, 6.07) is 8.24. The zero-order chi connectivity index (χ0) is 20.3. The molecule has 2 aromatic rings. The first-order valence-electron chi connectivity index (χ1n) is 9.05. The highest BCUT2D eigenvalue weighted by molar-refractivity contribution is 7.89. The number of nitrogens with one attached hydrogen (secondary N) is 1. The van der Waals surface area contributed by atoms with Crippen LogP contribution in [0.5, 0.6) is 23.0 Å². The molecule has 2 aromatic carbocycles. The lowest BCUT2D eigenvalue weighted by atomic mass is 10.1. The number of sulfonamides is 1. The zero-order valence-corrected chi connectivity index (χ0v) is 17.3. The van der Waals surface area contributed by atoms with Gasteiger partial charge in [-0.15, -0.1) is 0 Å². The summed E-state index contributed by atoms with van der Waals surface area (Å²) in [6.07, 6.45) is 0.913. The Kier molecular flexibility index (Phi) is 6.00. The second-order valence-corrected chi connectivity index (χ2v) is 8.24. The minimum atomic E-state index is -3.75. The quantitative estimate of drug-likeness (QED) is 0.725. The van der Waals surface area contributed by atoms with Crippen LogP contribution in [0.4, 0.5) is 0 Å². The van der Waals surface area contributed by atoms with Gasteiger partial charge in [-0.05, 0) is 38.1 Å². The maximum atomic E-state index is 12.7. The van der Waals surface area contributed by atoms with Crippen LogP contribution in [0.25, 0.3) is 0 Å². The van der Waals surface area contributed by atoms with Crippen molar-refractivity contribution >= 4 is 10.0 Å². The number of fused-ring (bicyclic) bond motifs is 1. The summed E-state index contributed by atoms with van der Waals surface area (Å²) in [6.45, 7) is 4.46. The third-order valence-corrected chi connectivity index (χ3v) is 5.90. The molecular formula is C20H25NO6S. The Morgan fingerprint density at radius 3 is 2.54 bits per heavy atom. The molecule has 0 saturated carbocycles. The van der Waals surface area contributed by atoms with Gasteiger partial charge in [-0.1, -0.05) is 0 Å². The van der Waals surface area contributed by atoms with Gasteiger partial charge < -0.3 is 18.9 Å². The van der Waals surface area contributed by atoms with Crippen molar-refractivity contribution in [1.82, 2.24) is 4.72 Å². The molecule has 7 nitrogen and oxygen atoms in total. The second kappa shape index (κ2) is 8.28. The molecule has 0 amide bonds. The predicted octanol–water partition coefficient (Wildman–Crippen LogP) is 2.90. The number of rotatable bonds is 8. The highest BCUT2D eigenvalue weighted by Crippen LogP contribution is 2.35. The highest BCUT2D eigenvalue weighted by Gasteiger charge is 2.23. The van der Waals surface area contributed by atoms with Crippen LogP contribution in [0.3, 0.4) is 0 Å². The van der Waals surface area contributed by atoms with Gasteiger partial charge in [-0.3, -0.25) is 0 Å². The summed E-state index contributed by atoms with van der Waals surface area (Å²) in [7, 11) is -0.798. The summed E-state index contributed by atoms with van der Waals surface area (Å²) in [5.41, 5.74) is 1.79. The van der Waals surface area contributed by atoms with E-state index in [0.717, 1.165) is 23.3 Å². The van der Waals surface area contributed by atoms with Crippen LogP contribution in [0.15, 0.2) is 35.2 Å². The first-order valence-corrected chi connectivity index (χ1v) is 10.5. The van der Waals surface area contributed by atoms with E-state index in [9.17, 15) is 8.42 Å². The molecule has 0 unspecified atom stereocenters. The van der Waals surface area contributed by atoms with E-state index in [1.165, 1.54) is 26.4 Å². The van der Waals surface area contributed by atoms with Crippen LogP contribution >= 0.6 is 0 Å². The molecule has 0 bridgehead atoms. The minimum Gasteiger partial charge on any atom is -0.494 e. The van der Waals surface area contributed by atoms with Crippen LogP contribution in [0, 0.1) is 0 Å². The van der Waals surface area contributed by atoms with Crippen molar-refractivity contribution in [2.75, 3.05) is 20.8 Å². The molecule has 8 heteroatoms. The van der Waals surface area contributed by atoms with Gasteiger partial charge in [0.1, 0.15) is 17.6 Å². The smallest absolute Gasteiger partial charge is 0.241 e. The number of hydrogen-bond acceptors (Lipinski definition) is 6. The van der Waals surface area contributed by atoms with Crippen LogP contribution in [-0.4, -0.2) is 35.3 Å². The average Bonchev–Trinajstić information content (AvgIpc) is 3.04. The fourth-order valence-electron chi connectivity index (χ4n) is 3.15. The van der Waals surface area contributed by atoms with Gasteiger partial charge in [-0.25, -0.2) is 13.1 Å². The van der Waals surface area contributed by atoms with Crippen LogP contribution in [-0.2, 0) is 23.0 Å². The fraction of sp³-hybridized carbons (Fsp3) is 0.400. The topological polar surface area (TPSA) is 83.1 Å². The van der Waals surface area contributed by atoms with E-state index >= 15 is 0 Å². The molecule has 1 aliphatic rings. The Hall–Kier alpha value is -2.45. The SMILES string of the molecule is CCOc1cc2c(cc1CNS(=O)(=O)c1ccc(OC)c(OC)c1)O[C@H](C)C2. The summed E-state index contributed by atoms with van der Waals surface area (Å²) < 4.78 is 50.0. The van der Waals surface area contributed by atoms with E-state index < -0.39 is 10.0 Å². The van der Waals surface area contributed by atoms with Crippen LogP contribution in [0.1, 0.15) is 25.0 Å². The molecule has 0 aliphatic carbocycles. The lowest BCUT2D eigenvalue weighted by molar-refractivity contribution is 0.254. The Balaban J connectivity index is 1.84. The normalized spacial score (nSPS) is 15.6. The van der Waals surface area contributed by atoms with E-state index in [0.29, 0.717) is 23.9 Å². The van der Waals surface area contributed by atoms with E-state index in [2.05, 4.69) is 4.72 Å². The van der Waals surface area contributed by atoms with Crippen molar-refractivity contribution in [3.8, 4) is 23.0 Å². The summed E-state index contributed by atoms with van der Waals surface area (Å²) >= 11 is 0. The molecule has 0 spiro atoms. The number of methoxy groups -OCH3 is 2. The van der Waals surface area contributed by atoms with Gasteiger partial charge in [0.2, 0.25) is 10.0 Å². The van der Waals surface area contributed by atoms with E-state index in [1.54, 1.807) is 6.07 Å². The van der Waals surface area contributed by atoms with Crippen LogP contribution < -0.4 is 23.7 Å². The predicted molar refractivity (Wildman–Crippen MR) is 105 cm³/mol. The summed E-state index contributed by atoms with van der Waals surface area (Å²) in [4.78, 5) is 0.0918. The summed E-state index contributed by atoms with van der Waals surface area (Å²) in [5.74, 6) is 2.25. The van der Waals surface area contributed by atoms with Crippen molar-refractivity contribution in [3.63, 3.8) is 0 Å². The van der Waals surface area contributed by atoms with Crippen molar-refractivity contribution in [1.29, 1.82) is 0 Å². The average molecular weight is 407 g/mol. The van der Waals surface area contributed by atoms with Crippen molar-refractivity contribution < 1.29 is 27.4 Å². The molecule has 1 aliphatic heterocycles. The monoisotopic (exact) mass is 407 g/mol. The minimum absolute atomic E-state index is 0.0804.